The number of hydrogen-bond donors (Lipinski definition) is 0. The fourth-order valence-electron chi connectivity index (χ4n) is 3.63. The molecule has 0 heterocycles. The van der Waals surface area contributed by atoms with Crippen LogP contribution in [0.15, 0.2) is 0 Å². The van der Waals surface area contributed by atoms with Crippen LogP contribution in [0.5, 0.6) is 0 Å². The minimum Gasteiger partial charge on any atom is -0.726 e. The molecule has 35 heavy (non-hydrogen) atoms. The van der Waals surface area contributed by atoms with Gasteiger partial charge in [0, 0.05) is 0 Å². The van der Waals surface area contributed by atoms with Gasteiger partial charge in [0.1, 0.15) is 0 Å². The van der Waals surface area contributed by atoms with Gasteiger partial charge in [0.25, 0.3) is 0 Å². The van der Waals surface area contributed by atoms with Crippen molar-refractivity contribution < 1.29 is 34.3 Å². The van der Waals surface area contributed by atoms with E-state index in [0.717, 1.165) is 25.7 Å². The molecule has 0 N–H and O–H groups in total. The van der Waals surface area contributed by atoms with Gasteiger partial charge in [-0.3, -0.25) is 8.37 Å². The Bertz CT molecular complexity index is 586. The molecule has 0 bridgehead atoms. The zero-order valence-corrected chi connectivity index (χ0v) is 25.7. The molecular formula is C24H50MgO8S2. The number of hydrogen-bond acceptors (Lipinski definition) is 8. The van der Waals surface area contributed by atoms with Crippen molar-refractivity contribution >= 4 is 43.9 Å². The van der Waals surface area contributed by atoms with Gasteiger partial charge in [-0.15, -0.1) is 0 Å². The zero-order chi connectivity index (χ0) is 26.3. The first-order valence-electron chi connectivity index (χ1n) is 13.2. The van der Waals surface area contributed by atoms with Crippen LogP contribution in [0.2, 0.25) is 0 Å². The van der Waals surface area contributed by atoms with Gasteiger partial charge >= 0.3 is 23.1 Å². The molecule has 0 aliphatic carbocycles. The van der Waals surface area contributed by atoms with Gasteiger partial charge in [0.2, 0.25) is 20.8 Å². The molecular weight excluding hydrogens is 505 g/mol. The number of unbranched alkanes of at least 4 members (excludes halogenated alkanes) is 14. The predicted molar refractivity (Wildman–Crippen MR) is 141 cm³/mol. The van der Waals surface area contributed by atoms with E-state index in [4.69, 9.17) is 0 Å². The molecule has 0 aliphatic rings. The van der Waals surface area contributed by atoms with E-state index >= 15 is 0 Å². The van der Waals surface area contributed by atoms with Crippen LogP contribution in [0.3, 0.4) is 0 Å². The molecule has 0 amide bonds. The maximum atomic E-state index is 10.3. The largest absolute Gasteiger partial charge is 2.00 e. The molecule has 0 aromatic heterocycles. The van der Waals surface area contributed by atoms with Crippen LogP contribution in [0, 0.1) is 0 Å². The van der Waals surface area contributed by atoms with Crippen LogP contribution >= 0.6 is 0 Å². The Labute approximate surface area is 232 Å². The van der Waals surface area contributed by atoms with Gasteiger partial charge in [0.15, 0.2) is 0 Å². The minimum atomic E-state index is -4.53. The average molecular weight is 555 g/mol. The van der Waals surface area contributed by atoms with Gasteiger partial charge < -0.3 is 9.11 Å². The van der Waals surface area contributed by atoms with Gasteiger partial charge in [-0.2, -0.15) is 0 Å². The fourth-order valence-corrected chi connectivity index (χ4v) is 4.63. The second-order valence-corrected chi connectivity index (χ2v) is 11.2. The smallest absolute Gasteiger partial charge is 0.726 e. The van der Waals surface area contributed by atoms with Crippen LogP contribution in [0.25, 0.3) is 0 Å². The predicted octanol–water partition coefficient (Wildman–Crippen LogP) is 6.38. The van der Waals surface area contributed by atoms with Gasteiger partial charge in [-0.25, -0.2) is 16.8 Å². The van der Waals surface area contributed by atoms with E-state index in [0.29, 0.717) is 12.8 Å². The summed E-state index contributed by atoms with van der Waals surface area (Å²) in [6.45, 7) is 7.64. The molecule has 0 spiro atoms. The van der Waals surface area contributed by atoms with Crippen LogP contribution in [0.4, 0.5) is 0 Å². The van der Waals surface area contributed by atoms with Crippen molar-refractivity contribution in [3.63, 3.8) is 0 Å². The quantitative estimate of drug-likeness (QED) is 0.0650. The number of rotatable bonds is 22. The first kappa shape index (κ1) is 40.0. The van der Waals surface area contributed by atoms with E-state index in [1.165, 1.54) is 77.0 Å². The van der Waals surface area contributed by atoms with Crippen molar-refractivity contribution in [1.29, 1.82) is 0 Å². The Morgan fingerprint density at radius 1 is 0.514 bits per heavy atom. The molecule has 0 saturated heterocycles. The summed E-state index contributed by atoms with van der Waals surface area (Å²) in [5, 5.41) is 0. The maximum absolute atomic E-state index is 10.3. The fraction of sp³-hybridized carbons (Fsp3) is 1.00. The van der Waals surface area contributed by atoms with Crippen molar-refractivity contribution in [2.24, 2.45) is 0 Å². The summed E-state index contributed by atoms with van der Waals surface area (Å²) in [4.78, 5) is 0. The molecule has 0 aliphatic heterocycles. The molecule has 0 saturated carbocycles. The zero-order valence-electron chi connectivity index (χ0n) is 22.7. The first-order valence-corrected chi connectivity index (χ1v) is 15.9. The Kier molecular flexibility index (Phi) is 29.9. The van der Waals surface area contributed by atoms with E-state index < -0.39 is 33.0 Å². The Hall–Kier alpha value is 0.506. The third-order valence-corrected chi connectivity index (χ3v) is 6.62. The summed E-state index contributed by atoms with van der Waals surface area (Å²) >= 11 is 0. The summed E-state index contributed by atoms with van der Waals surface area (Å²) in [6.07, 6.45) is 19.5. The van der Waals surface area contributed by atoms with Crippen LogP contribution in [0.1, 0.15) is 143 Å². The van der Waals surface area contributed by atoms with E-state index in [-0.39, 0.29) is 23.1 Å². The molecule has 8 nitrogen and oxygen atoms in total. The van der Waals surface area contributed by atoms with Crippen molar-refractivity contribution in [3.05, 3.63) is 0 Å². The normalized spacial score (nSPS) is 13.4. The van der Waals surface area contributed by atoms with E-state index in [1.807, 2.05) is 0 Å². The first-order chi connectivity index (χ1) is 15.9. The van der Waals surface area contributed by atoms with Crippen LogP contribution < -0.4 is 0 Å². The minimum absolute atomic E-state index is 0. The van der Waals surface area contributed by atoms with E-state index in [2.05, 4.69) is 22.2 Å². The summed E-state index contributed by atoms with van der Waals surface area (Å²) in [7, 11) is -9.06. The van der Waals surface area contributed by atoms with Gasteiger partial charge in [-0.05, 0) is 26.7 Å². The monoisotopic (exact) mass is 554 g/mol. The van der Waals surface area contributed by atoms with Crippen molar-refractivity contribution in [2.45, 2.75) is 155 Å². The SMILES string of the molecule is CCCCCCCCCCC(C)OS(=O)(=O)[O-].CCCCCCCCCCC(C)OS(=O)(=O)[O-].[Mg+2]. The van der Waals surface area contributed by atoms with Gasteiger partial charge in [0.05, 0.1) is 12.2 Å². The third-order valence-electron chi connectivity index (χ3n) is 5.49. The molecule has 208 valence electrons. The molecule has 11 heteroatoms. The molecule has 0 radical (unpaired) electrons. The Balaban J connectivity index is -0.000000569. The van der Waals surface area contributed by atoms with Crippen LogP contribution in [-0.4, -0.2) is 61.2 Å². The maximum Gasteiger partial charge on any atom is 2.00 e. The second-order valence-electron chi connectivity index (χ2n) is 9.16. The summed E-state index contributed by atoms with van der Waals surface area (Å²) in [5.41, 5.74) is 0. The van der Waals surface area contributed by atoms with Crippen molar-refractivity contribution in [1.82, 2.24) is 0 Å². The van der Waals surface area contributed by atoms with Crippen molar-refractivity contribution in [3.8, 4) is 0 Å². The molecule has 0 fully saturated rings. The molecule has 2 atom stereocenters. The van der Waals surface area contributed by atoms with Crippen LogP contribution in [-0.2, 0) is 29.2 Å². The topological polar surface area (TPSA) is 133 Å². The van der Waals surface area contributed by atoms with Crippen molar-refractivity contribution in [2.75, 3.05) is 0 Å². The molecule has 2 unspecified atom stereocenters. The average Bonchev–Trinajstić information content (AvgIpc) is 2.70. The van der Waals surface area contributed by atoms with E-state index in [1.54, 1.807) is 13.8 Å². The van der Waals surface area contributed by atoms with E-state index in [9.17, 15) is 25.9 Å². The third kappa shape index (κ3) is 39.2. The summed E-state index contributed by atoms with van der Waals surface area (Å²) < 4.78 is 70.4. The standard InChI is InChI=1S/2C12H26O4S.Mg/c2*1-3-4-5-6-7-8-9-10-11-12(2)16-17(13,14)15;/h2*12H,3-11H2,1-2H3,(H,13,14,15);/q;;+2/p-2. The molecule has 0 aromatic carbocycles. The Morgan fingerprint density at radius 2 is 0.743 bits per heavy atom. The second kappa shape index (κ2) is 26.1. The van der Waals surface area contributed by atoms with Gasteiger partial charge in [-0.1, -0.05) is 117 Å². The molecule has 0 rings (SSSR count). The summed E-state index contributed by atoms with van der Waals surface area (Å²) in [5.74, 6) is 0. The molecule has 0 aromatic rings. The summed E-state index contributed by atoms with van der Waals surface area (Å²) in [6, 6.07) is 0. The Morgan fingerprint density at radius 3 is 0.971 bits per heavy atom.